The van der Waals surface area contributed by atoms with Crippen molar-refractivity contribution in [1.29, 1.82) is 0 Å². The second kappa shape index (κ2) is 7.62. The van der Waals surface area contributed by atoms with Crippen molar-refractivity contribution in [2.75, 3.05) is 6.54 Å². The average Bonchev–Trinajstić information content (AvgIpc) is 2.63. The number of unbranched alkanes of at least 4 members (excludes halogenated alkanes) is 1. The predicted octanol–water partition coefficient (Wildman–Crippen LogP) is 4.14. The summed E-state index contributed by atoms with van der Waals surface area (Å²) >= 11 is 0. The van der Waals surface area contributed by atoms with Gasteiger partial charge >= 0.3 is 0 Å². The standard InChI is InChI=1S/C21H25N3O/c1-4-5-14-22-16(3)20-23-19-9-7-6-8-18(19)21(25)24(20)17-12-10-15(2)11-13-17/h6-13,16,22H,4-5,14H2,1-3H3. The molecule has 0 radical (unpaired) electrons. The number of aryl methyl sites for hydroxylation is 1. The molecule has 0 aliphatic heterocycles. The summed E-state index contributed by atoms with van der Waals surface area (Å²) in [7, 11) is 0. The molecule has 0 saturated heterocycles. The summed E-state index contributed by atoms with van der Waals surface area (Å²) in [5.74, 6) is 0.753. The molecule has 1 aromatic heterocycles. The van der Waals surface area contributed by atoms with E-state index in [4.69, 9.17) is 4.98 Å². The van der Waals surface area contributed by atoms with Gasteiger partial charge in [0.15, 0.2) is 0 Å². The summed E-state index contributed by atoms with van der Waals surface area (Å²) in [6.07, 6.45) is 2.24. The maximum absolute atomic E-state index is 13.2. The fraction of sp³-hybridized carbons (Fsp3) is 0.333. The molecule has 25 heavy (non-hydrogen) atoms. The number of para-hydroxylation sites is 1. The number of benzene rings is 2. The number of nitrogens with one attached hydrogen (secondary N) is 1. The zero-order valence-corrected chi connectivity index (χ0v) is 15.1. The lowest BCUT2D eigenvalue weighted by atomic mass is 10.2. The molecular formula is C21H25N3O. The summed E-state index contributed by atoms with van der Waals surface area (Å²) in [6, 6.07) is 15.5. The molecule has 1 heterocycles. The largest absolute Gasteiger partial charge is 0.308 e. The van der Waals surface area contributed by atoms with Crippen LogP contribution >= 0.6 is 0 Å². The third-order valence-corrected chi connectivity index (χ3v) is 4.46. The zero-order chi connectivity index (χ0) is 17.8. The molecule has 3 aromatic rings. The number of fused-ring (bicyclic) bond motifs is 1. The van der Waals surface area contributed by atoms with E-state index in [1.807, 2.05) is 55.5 Å². The van der Waals surface area contributed by atoms with Gasteiger partial charge in [-0.15, -0.1) is 0 Å². The zero-order valence-electron chi connectivity index (χ0n) is 15.1. The molecule has 0 aliphatic rings. The van der Waals surface area contributed by atoms with Crippen LogP contribution in [-0.4, -0.2) is 16.1 Å². The van der Waals surface area contributed by atoms with Crippen LogP contribution in [0.3, 0.4) is 0 Å². The fourth-order valence-corrected chi connectivity index (χ4v) is 2.97. The minimum Gasteiger partial charge on any atom is -0.308 e. The maximum atomic E-state index is 13.2. The highest BCUT2D eigenvalue weighted by Crippen LogP contribution is 2.18. The molecule has 1 N–H and O–H groups in total. The van der Waals surface area contributed by atoms with E-state index in [0.29, 0.717) is 5.39 Å². The Balaban J connectivity index is 2.17. The first-order valence-corrected chi connectivity index (χ1v) is 8.94. The first-order valence-electron chi connectivity index (χ1n) is 8.94. The van der Waals surface area contributed by atoms with Crippen LogP contribution in [0.2, 0.25) is 0 Å². The molecule has 2 aromatic carbocycles. The SMILES string of the molecule is CCCCNC(C)c1nc2ccccc2c(=O)n1-c1ccc(C)cc1. The fourth-order valence-electron chi connectivity index (χ4n) is 2.97. The first-order chi connectivity index (χ1) is 12.1. The van der Waals surface area contributed by atoms with Crippen molar-refractivity contribution in [3.8, 4) is 5.69 Å². The second-order valence-electron chi connectivity index (χ2n) is 6.49. The highest BCUT2D eigenvalue weighted by atomic mass is 16.1. The molecule has 0 spiro atoms. The van der Waals surface area contributed by atoms with E-state index < -0.39 is 0 Å². The smallest absolute Gasteiger partial charge is 0.266 e. The lowest BCUT2D eigenvalue weighted by molar-refractivity contribution is 0.520. The summed E-state index contributed by atoms with van der Waals surface area (Å²) in [6.45, 7) is 7.19. The third kappa shape index (κ3) is 3.64. The minimum absolute atomic E-state index is 0.00911. The van der Waals surface area contributed by atoms with Crippen LogP contribution < -0.4 is 10.9 Å². The summed E-state index contributed by atoms with van der Waals surface area (Å²) in [4.78, 5) is 18.0. The molecule has 130 valence electrons. The van der Waals surface area contributed by atoms with Crippen LogP contribution in [-0.2, 0) is 0 Å². The molecule has 4 nitrogen and oxygen atoms in total. The molecule has 0 saturated carbocycles. The molecular weight excluding hydrogens is 310 g/mol. The average molecular weight is 335 g/mol. The van der Waals surface area contributed by atoms with Crippen LogP contribution in [0.5, 0.6) is 0 Å². The van der Waals surface area contributed by atoms with Gasteiger partial charge in [-0.05, 0) is 51.1 Å². The Bertz CT molecular complexity index is 913. The van der Waals surface area contributed by atoms with Crippen LogP contribution in [0.1, 0.15) is 44.1 Å². The van der Waals surface area contributed by atoms with E-state index in [1.165, 1.54) is 5.56 Å². The van der Waals surface area contributed by atoms with Crippen LogP contribution in [0.15, 0.2) is 53.3 Å². The van der Waals surface area contributed by atoms with Gasteiger partial charge in [-0.2, -0.15) is 0 Å². The van der Waals surface area contributed by atoms with Gasteiger partial charge in [0.05, 0.1) is 22.6 Å². The van der Waals surface area contributed by atoms with Crippen molar-refractivity contribution in [1.82, 2.24) is 14.9 Å². The molecule has 0 fully saturated rings. The van der Waals surface area contributed by atoms with Gasteiger partial charge in [0.1, 0.15) is 5.82 Å². The Morgan fingerprint density at radius 3 is 2.56 bits per heavy atom. The van der Waals surface area contributed by atoms with Gasteiger partial charge in [0.25, 0.3) is 5.56 Å². The van der Waals surface area contributed by atoms with Crippen molar-refractivity contribution >= 4 is 10.9 Å². The Morgan fingerprint density at radius 2 is 1.84 bits per heavy atom. The number of hydrogen-bond donors (Lipinski definition) is 1. The molecule has 1 unspecified atom stereocenters. The monoisotopic (exact) mass is 335 g/mol. The van der Waals surface area contributed by atoms with Crippen molar-refractivity contribution in [3.63, 3.8) is 0 Å². The normalized spacial score (nSPS) is 12.4. The van der Waals surface area contributed by atoms with Crippen molar-refractivity contribution in [3.05, 3.63) is 70.3 Å². The van der Waals surface area contributed by atoms with Gasteiger partial charge in [0, 0.05) is 0 Å². The number of rotatable bonds is 6. The highest BCUT2D eigenvalue weighted by Gasteiger charge is 2.17. The Morgan fingerprint density at radius 1 is 1.12 bits per heavy atom. The van der Waals surface area contributed by atoms with E-state index in [-0.39, 0.29) is 11.6 Å². The molecule has 0 aliphatic carbocycles. The first kappa shape index (κ1) is 17.4. The maximum Gasteiger partial charge on any atom is 0.266 e. The summed E-state index contributed by atoms with van der Waals surface area (Å²) in [5.41, 5.74) is 2.75. The van der Waals surface area contributed by atoms with Crippen molar-refractivity contribution < 1.29 is 0 Å². The molecule has 0 amide bonds. The Kier molecular flexibility index (Phi) is 5.29. The quantitative estimate of drug-likeness (QED) is 0.689. The van der Waals surface area contributed by atoms with E-state index in [1.54, 1.807) is 4.57 Å². The molecule has 3 rings (SSSR count). The minimum atomic E-state index is -0.0198. The molecule has 0 bridgehead atoms. The Hall–Kier alpha value is -2.46. The topological polar surface area (TPSA) is 46.9 Å². The molecule has 1 atom stereocenters. The van der Waals surface area contributed by atoms with E-state index >= 15 is 0 Å². The van der Waals surface area contributed by atoms with Crippen LogP contribution in [0.4, 0.5) is 0 Å². The van der Waals surface area contributed by atoms with Crippen LogP contribution in [0, 0.1) is 6.92 Å². The van der Waals surface area contributed by atoms with E-state index in [9.17, 15) is 4.79 Å². The van der Waals surface area contributed by atoms with Gasteiger partial charge in [-0.1, -0.05) is 43.2 Å². The van der Waals surface area contributed by atoms with Gasteiger partial charge in [-0.3, -0.25) is 9.36 Å². The van der Waals surface area contributed by atoms with Crippen molar-refractivity contribution in [2.24, 2.45) is 0 Å². The summed E-state index contributed by atoms with van der Waals surface area (Å²) in [5, 5.41) is 4.14. The van der Waals surface area contributed by atoms with Gasteiger partial charge in [0.2, 0.25) is 0 Å². The third-order valence-electron chi connectivity index (χ3n) is 4.46. The lowest BCUT2D eigenvalue weighted by Crippen LogP contribution is -2.30. The van der Waals surface area contributed by atoms with E-state index in [2.05, 4.69) is 19.2 Å². The second-order valence-corrected chi connectivity index (χ2v) is 6.49. The van der Waals surface area contributed by atoms with Gasteiger partial charge < -0.3 is 5.32 Å². The lowest BCUT2D eigenvalue weighted by Gasteiger charge is -2.19. The number of hydrogen-bond acceptors (Lipinski definition) is 3. The van der Waals surface area contributed by atoms with E-state index in [0.717, 1.165) is 36.4 Å². The summed E-state index contributed by atoms with van der Waals surface area (Å²) < 4.78 is 1.74. The van der Waals surface area contributed by atoms with Crippen LogP contribution in [0.25, 0.3) is 16.6 Å². The van der Waals surface area contributed by atoms with Crippen molar-refractivity contribution in [2.45, 2.75) is 39.7 Å². The predicted molar refractivity (Wildman–Crippen MR) is 103 cm³/mol. The molecule has 4 heteroatoms. The highest BCUT2D eigenvalue weighted by molar-refractivity contribution is 5.77. The van der Waals surface area contributed by atoms with Gasteiger partial charge in [-0.25, -0.2) is 4.98 Å². The Labute approximate surface area is 148 Å². The number of nitrogens with zero attached hydrogens (tertiary/aromatic N) is 2. The number of aromatic nitrogens is 2.